The number of aliphatic hydroxyl groups is 1. The van der Waals surface area contributed by atoms with Gasteiger partial charge >= 0.3 is 12.4 Å². The lowest BCUT2D eigenvalue weighted by Gasteiger charge is -2.07. The van der Waals surface area contributed by atoms with E-state index >= 15 is 0 Å². The Morgan fingerprint density at radius 1 is 0.510 bits per heavy atom. The summed E-state index contributed by atoms with van der Waals surface area (Å²) in [5, 5.41) is 8.65. The summed E-state index contributed by atoms with van der Waals surface area (Å²) < 4.78 is 80.4. The summed E-state index contributed by atoms with van der Waals surface area (Å²) in [6.07, 6.45) is 13.2. The summed E-state index contributed by atoms with van der Waals surface area (Å²) in [5.74, 6) is 0. The van der Waals surface area contributed by atoms with Gasteiger partial charge in [-0.3, -0.25) is 0 Å². The number of alkyl halides is 6. The van der Waals surface area contributed by atoms with E-state index in [2.05, 4.69) is 12.1 Å². The normalized spacial score (nSPS) is 11.9. The van der Waals surface area contributed by atoms with Crippen LogP contribution in [0.2, 0.25) is 0 Å². The fraction of sp³-hybridized carbons (Fsp3) is 0.512. The van der Waals surface area contributed by atoms with Crippen molar-refractivity contribution in [3.05, 3.63) is 113 Å². The highest BCUT2D eigenvalue weighted by Gasteiger charge is 2.30. The van der Waals surface area contributed by atoms with E-state index in [1.807, 2.05) is 30.4 Å². The molecule has 0 aliphatic heterocycles. The van der Waals surface area contributed by atoms with Gasteiger partial charge < -0.3 is 9.84 Å². The predicted molar refractivity (Wildman–Crippen MR) is 188 cm³/mol. The number of hydrogen-bond donors (Lipinski definition) is 1. The van der Waals surface area contributed by atoms with Gasteiger partial charge in [-0.25, -0.2) is 0 Å². The largest absolute Gasteiger partial charge is 0.416 e. The Morgan fingerprint density at radius 3 is 1.55 bits per heavy atom. The Hall–Kier alpha value is -3.10. The van der Waals surface area contributed by atoms with Crippen LogP contribution in [0.15, 0.2) is 84.9 Å². The van der Waals surface area contributed by atoms with Gasteiger partial charge in [0.05, 0.1) is 17.7 Å². The van der Waals surface area contributed by atoms with Crippen molar-refractivity contribution in [2.75, 3.05) is 13.2 Å². The average molecular weight is 693 g/mol. The summed E-state index contributed by atoms with van der Waals surface area (Å²) in [4.78, 5) is 0. The molecule has 2 nitrogen and oxygen atoms in total. The van der Waals surface area contributed by atoms with E-state index in [1.165, 1.54) is 69.1 Å². The zero-order valence-electron chi connectivity index (χ0n) is 28.7. The summed E-state index contributed by atoms with van der Waals surface area (Å²) in [6.45, 7) is 1.78. The highest BCUT2D eigenvalue weighted by molar-refractivity contribution is 5.49. The number of aliphatic hydroxyl groups excluding tert-OH is 1. The Morgan fingerprint density at radius 2 is 1.00 bits per heavy atom. The number of allylic oxidation sites excluding steroid dienone is 1. The summed E-state index contributed by atoms with van der Waals surface area (Å²) in [5.41, 5.74) is 1.82. The molecule has 0 fully saturated rings. The molecule has 1 N–H and O–H groups in total. The fourth-order valence-electron chi connectivity index (χ4n) is 5.30. The smallest absolute Gasteiger partial charge is 0.396 e. The summed E-state index contributed by atoms with van der Waals surface area (Å²) in [6, 6.07) is 21.0. The van der Waals surface area contributed by atoms with Crippen molar-refractivity contribution in [3.63, 3.8) is 0 Å². The molecular formula is C41H54F6O2. The SMILES string of the molecule is FC(F)(F)c1ccc(/C=C/CCCCCCCCOCc2ccccc2)cc1.OCCCCCCCCCCc1ccc(C(F)(F)F)cc1. The molecule has 0 atom stereocenters. The van der Waals surface area contributed by atoms with Gasteiger partial charge in [0.1, 0.15) is 0 Å². The third kappa shape index (κ3) is 20.9. The monoisotopic (exact) mass is 692 g/mol. The number of halogens is 6. The highest BCUT2D eigenvalue weighted by Crippen LogP contribution is 2.30. The number of unbranched alkanes of at least 4 members (excludes halogenated alkanes) is 13. The van der Waals surface area contributed by atoms with E-state index in [4.69, 9.17) is 9.84 Å². The molecule has 0 radical (unpaired) electrons. The standard InChI is InChI=1S/C24H29F3O.C17H25F3O/c25-24(26,27)23-17-15-21(16-18-23)12-8-5-3-1-2-4-6-11-19-28-20-22-13-9-7-10-14-22;18-17(19,20)16-12-10-15(11-13-16)9-7-5-3-1-2-4-6-8-14-21/h7-10,12-18H,1-6,11,19-20H2;10-13,21H,1-9,14H2/b12-8+;. The van der Waals surface area contributed by atoms with E-state index < -0.39 is 23.5 Å². The molecule has 0 amide bonds. The first-order valence-corrected chi connectivity index (χ1v) is 17.8. The van der Waals surface area contributed by atoms with Crippen LogP contribution in [0.25, 0.3) is 6.08 Å². The highest BCUT2D eigenvalue weighted by atomic mass is 19.4. The Bertz CT molecular complexity index is 1240. The first kappa shape index (κ1) is 42.1. The van der Waals surface area contributed by atoms with E-state index in [-0.39, 0.29) is 6.61 Å². The number of aryl methyl sites for hydroxylation is 1. The molecule has 0 aromatic heterocycles. The molecule has 0 heterocycles. The number of hydrogen-bond acceptors (Lipinski definition) is 2. The van der Waals surface area contributed by atoms with Gasteiger partial charge in [-0.2, -0.15) is 26.3 Å². The molecule has 0 aliphatic carbocycles. The van der Waals surface area contributed by atoms with Crippen LogP contribution in [0.4, 0.5) is 26.3 Å². The fourth-order valence-corrected chi connectivity index (χ4v) is 5.30. The van der Waals surface area contributed by atoms with Crippen LogP contribution < -0.4 is 0 Å². The third-order valence-electron chi connectivity index (χ3n) is 8.22. The Kier molecular flexibility index (Phi) is 21.4. The zero-order valence-corrected chi connectivity index (χ0v) is 28.7. The molecule has 0 aliphatic rings. The molecule has 0 bridgehead atoms. The van der Waals surface area contributed by atoms with Gasteiger partial charge in [-0.15, -0.1) is 0 Å². The maximum absolute atomic E-state index is 12.5. The van der Waals surface area contributed by atoms with E-state index in [1.54, 1.807) is 12.1 Å². The first-order valence-electron chi connectivity index (χ1n) is 17.8. The molecule has 0 saturated carbocycles. The number of ether oxygens (including phenoxy) is 1. The van der Waals surface area contributed by atoms with Crippen LogP contribution >= 0.6 is 0 Å². The minimum absolute atomic E-state index is 0.285. The van der Waals surface area contributed by atoms with Crippen molar-refractivity contribution in [1.29, 1.82) is 0 Å². The van der Waals surface area contributed by atoms with Gasteiger partial charge in [0, 0.05) is 13.2 Å². The van der Waals surface area contributed by atoms with Crippen molar-refractivity contribution >= 4 is 6.08 Å². The zero-order chi connectivity index (χ0) is 35.6. The molecule has 0 saturated heterocycles. The van der Waals surface area contributed by atoms with Crippen LogP contribution in [0.3, 0.4) is 0 Å². The minimum atomic E-state index is -4.27. The lowest BCUT2D eigenvalue weighted by atomic mass is 10.0. The van der Waals surface area contributed by atoms with Gasteiger partial charge in [-0.1, -0.05) is 131 Å². The van der Waals surface area contributed by atoms with Crippen LogP contribution in [-0.4, -0.2) is 18.3 Å². The number of benzene rings is 3. The summed E-state index contributed by atoms with van der Waals surface area (Å²) in [7, 11) is 0. The summed E-state index contributed by atoms with van der Waals surface area (Å²) >= 11 is 0. The van der Waals surface area contributed by atoms with E-state index in [9.17, 15) is 26.3 Å². The number of rotatable bonds is 22. The molecule has 3 aromatic carbocycles. The van der Waals surface area contributed by atoms with E-state index in [0.717, 1.165) is 93.4 Å². The average Bonchev–Trinajstić information content (AvgIpc) is 3.08. The van der Waals surface area contributed by atoms with Crippen molar-refractivity contribution < 1.29 is 36.2 Å². The van der Waals surface area contributed by atoms with Crippen LogP contribution in [-0.2, 0) is 30.1 Å². The lowest BCUT2D eigenvalue weighted by Crippen LogP contribution is -2.04. The molecule has 3 aromatic rings. The van der Waals surface area contributed by atoms with Crippen molar-refractivity contribution in [3.8, 4) is 0 Å². The van der Waals surface area contributed by atoms with Crippen molar-refractivity contribution in [2.24, 2.45) is 0 Å². The van der Waals surface area contributed by atoms with Crippen molar-refractivity contribution in [2.45, 2.75) is 122 Å². The molecule has 0 unspecified atom stereocenters. The van der Waals surface area contributed by atoms with Crippen LogP contribution in [0, 0.1) is 0 Å². The topological polar surface area (TPSA) is 29.5 Å². The molecule has 272 valence electrons. The third-order valence-corrected chi connectivity index (χ3v) is 8.22. The van der Waals surface area contributed by atoms with Gasteiger partial charge in [0.15, 0.2) is 0 Å². The Labute approximate surface area is 289 Å². The molecule has 8 heteroatoms. The van der Waals surface area contributed by atoms with Gasteiger partial charge in [0.2, 0.25) is 0 Å². The second-order valence-electron chi connectivity index (χ2n) is 12.5. The van der Waals surface area contributed by atoms with Crippen LogP contribution in [0.5, 0.6) is 0 Å². The maximum Gasteiger partial charge on any atom is 0.416 e. The molecular weight excluding hydrogens is 638 g/mol. The van der Waals surface area contributed by atoms with Crippen molar-refractivity contribution in [1.82, 2.24) is 0 Å². The van der Waals surface area contributed by atoms with Crippen LogP contribution in [0.1, 0.15) is 124 Å². The van der Waals surface area contributed by atoms with Gasteiger partial charge in [0.25, 0.3) is 0 Å². The predicted octanol–water partition coefficient (Wildman–Crippen LogP) is 13.0. The minimum Gasteiger partial charge on any atom is -0.396 e. The van der Waals surface area contributed by atoms with Gasteiger partial charge in [-0.05, 0) is 79.5 Å². The second-order valence-corrected chi connectivity index (χ2v) is 12.5. The first-order chi connectivity index (χ1) is 23.6. The molecule has 49 heavy (non-hydrogen) atoms. The lowest BCUT2D eigenvalue weighted by molar-refractivity contribution is -0.138. The maximum atomic E-state index is 12.5. The Balaban J connectivity index is 0.000000355. The quantitative estimate of drug-likeness (QED) is 0.0839. The van der Waals surface area contributed by atoms with E-state index in [0.29, 0.717) is 6.61 Å². The second kappa shape index (κ2) is 24.9. The molecule has 3 rings (SSSR count). The molecule has 0 spiro atoms.